The zero-order valence-corrected chi connectivity index (χ0v) is 19.2. The van der Waals surface area contributed by atoms with Crippen LogP contribution in [0.15, 0.2) is 66.0 Å². The van der Waals surface area contributed by atoms with Crippen LogP contribution >= 0.6 is 0 Å². The third kappa shape index (κ3) is 4.59. The summed E-state index contributed by atoms with van der Waals surface area (Å²) >= 11 is 0. The lowest BCUT2D eigenvalue weighted by Crippen LogP contribution is -2.14. The molecule has 0 aliphatic carbocycles. The molecule has 0 amide bonds. The van der Waals surface area contributed by atoms with Gasteiger partial charge in [-0.3, -0.25) is 9.71 Å². The van der Waals surface area contributed by atoms with Crippen LogP contribution in [-0.2, 0) is 14.8 Å². The minimum Gasteiger partial charge on any atom is -0.480 e. The fourth-order valence-electron chi connectivity index (χ4n) is 3.30. The lowest BCUT2D eigenvalue weighted by atomic mass is 10.0. The predicted molar refractivity (Wildman–Crippen MR) is 127 cm³/mol. The van der Waals surface area contributed by atoms with Gasteiger partial charge in [-0.1, -0.05) is 6.07 Å². The summed E-state index contributed by atoms with van der Waals surface area (Å²) in [7, 11) is -2.52. The highest BCUT2D eigenvalue weighted by Gasteiger charge is 2.19. The van der Waals surface area contributed by atoms with Gasteiger partial charge in [0, 0.05) is 29.5 Å². The lowest BCUT2D eigenvalue weighted by Gasteiger charge is -2.13. The van der Waals surface area contributed by atoms with Crippen LogP contribution in [0.1, 0.15) is 17.3 Å². The number of anilines is 2. The zero-order chi connectivity index (χ0) is 24.3. The van der Waals surface area contributed by atoms with Gasteiger partial charge in [0.1, 0.15) is 22.0 Å². The van der Waals surface area contributed by atoms with E-state index < -0.39 is 16.0 Å². The van der Waals surface area contributed by atoms with Gasteiger partial charge in [-0.15, -0.1) is 0 Å². The summed E-state index contributed by atoms with van der Waals surface area (Å²) in [5, 5.41) is 0.656. The number of fused-ring (bicyclic) bond motifs is 1. The van der Waals surface area contributed by atoms with E-state index in [4.69, 9.17) is 15.2 Å². The van der Waals surface area contributed by atoms with Crippen molar-refractivity contribution in [3.05, 3.63) is 66.6 Å². The van der Waals surface area contributed by atoms with Crippen molar-refractivity contribution >= 4 is 38.4 Å². The number of ether oxygens (including phenoxy) is 2. The first-order chi connectivity index (χ1) is 16.3. The quantitative estimate of drug-likeness (QED) is 0.381. The second kappa shape index (κ2) is 9.32. The Kier molecular flexibility index (Phi) is 6.28. The molecule has 3 N–H and O–H groups in total. The minimum atomic E-state index is -3.91. The van der Waals surface area contributed by atoms with E-state index in [-0.39, 0.29) is 34.5 Å². The van der Waals surface area contributed by atoms with Gasteiger partial charge in [-0.2, -0.15) is 0 Å². The molecule has 174 valence electrons. The third-order valence-electron chi connectivity index (χ3n) is 4.91. The summed E-state index contributed by atoms with van der Waals surface area (Å²) < 4.78 is 38.3. The number of carbonyl (C=O) groups excluding carboxylic acids is 1. The minimum absolute atomic E-state index is 0.00307. The van der Waals surface area contributed by atoms with Crippen LogP contribution in [0.4, 0.5) is 11.5 Å². The topological polar surface area (TPSA) is 146 Å². The van der Waals surface area contributed by atoms with E-state index in [9.17, 15) is 13.2 Å². The summed E-state index contributed by atoms with van der Waals surface area (Å²) in [4.78, 5) is 24.6. The molecule has 0 aliphatic heterocycles. The van der Waals surface area contributed by atoms with Crippen molar-refractivity contribution < 1.29 is 22.7 Å². The first-order valence-electron chi connectivity index (χ1n) is 10.2. The molecule has 0 saturated heterocycles. The summed E-state index contributed by atoms with van der Waals surface area (Å²) in [6.45, 7) is 1.92. The summed E-state index contributed by atoms with van der Waals surface area (Å²) in [5.41, 5.74) is 8.17. The Morgan fingerprint density at radius 2 is 1.94 bits per heavy atom. The van der Waals surface area contributed by atoms with Gasteiger partial charge in [0.25, 0.3) is 10.0 Å². The largest absolute Gasteiger partial charge is 0.480 e. The summed E-state index contributed by atoms with van der Waals surface area (Å²) in [5.74, 6) is -0.369. The first kappa shape index (κ1) is 22.9. The van der Waals surface area contributed by atoms with E-state index in [0.717, 1.165) is 0 Å². The number of benzene rings is 1. The molecule has 0 unspecified atom stereocenters. The van der Waals surface area contributed by atoms with Crippen LogP contribution in [0.3, 0.4) is 0 Å². The zero-order valence-electron chi connectivity index (χ0n) is 18.3. The van der Waals surface area contributed by atoms with Gasteiger partial charge in [0.2, 0.25) is 5.88 Å². The fourth-order valence-corrected chi connectivity index (χ4v) is 4.31. The molecule has 1 aromatic carbocycles. The van der Waals surface area contributed by atoms with Gasteiger partial charge in [0.05, 0.1) is 19.2 Å². The van der Waals surface area contributed by atoms with Crippen LogP contribution in [0.2, 0.25) is 0 Å². The molecule has 4 rings (SSSR count). The van der Waals surface area contributed by atoms with Gasteiger partial charge < -0.3 is 15.2 Å². The van der Waals surface area contributed by atoms with Crippen molar-refractivity contribution in [2.45, 2.75) is 11.8 Å². The molecule has 0 atom stereocenters. The number of nitrogens with one attached hydrogen (secondary N) is 1. The molecule has 10 nitrogen and oxygen atoms in total. The van der Waals surface area contributed by atoms with E-state index in [0.29, 0.717) is 22.0 Å². The van der Waals surface area contributed by atoms with Crippen LogP contribution in [-0.4, -0.2) is 43.1 Å². The van der Waals surface area contributed by atoms with Crippen molar-refractivity contribution in [3.63, 3.8) is 0 Å². The Morgan fingerprint density at radius 3 is 2.65 bits per heavy atom. The Hall–Kier alpha value is -4.25. The monoisotopic (exact) mass is 479 g/mol. The van der Waals surface area contributed by atoms with Crippen LogP contribution < -0.4 is 15.2 Å². The van der Waals surface area contributed by atoms with Crippen LogP contribution in [0.25, 0.3) is 22.0 Å². The second-order valence-corrected chi connectivity index (χ2v) is 8.81. The maximum absolute atomic E-state index is 12.8. The third-order valence-corrected chi connectivity index (χ3v) is 6.26. The second-order valence-electron chi connectivity index (χ2n) is 7.12. The lowest BCUT2D eigenvalue weighted by molar-refractivity contribution is 0.0527. The fraction of sp³-hybridized carbons (Fsp3) is 0.130. The number of rotatable bonds is 7. The van der Waals surface area contributed by atoms with E-state index >= 15 is 0 Å². The highest BCUT2D eigenvalue weighted by atomic mass is 32.2. The number of nitrogens with two attached hydrogens (primary N) is 1. The number of pyridine rings is 3. The molecule has 11 heteroatoms. The molecular weight excluding hydrogens is 458 g/mol. The Labute approximate surface area is 195 Å². The molecule has 3 heterocycles. The van der Waals surface area contributed by atoms with Crippen LogP contribution in [0.5, 0.6) is 5.88 Å². The molecule has 3 aromatic heterocycles. The first-order valence-corrected chi connectivity index (χ1v) is 11.7. The number of nitrogens with zero attached hydrogens (tertiary/aromatic N) is 3. The Morgan fingerprint density at radius 1 is 1.12 bits per heavy atom. The summed E-state index contributed by atoms with van der Waals surface area (Å²) in [6.07, 6.45) is 4.28. The smallest absolute Gasteiger partial charge is 0.341 e. The predicted octanol–water partition coefficient (Wildman–Crippen LogP) is 3.26. The number of carbonyl (C=O) groups is 1. The Balaban J connectivity index is 1.75. The molecule has 0 saturated carbocycles. The molecule has 0 bridgehead atoms. The highest BCUT2D eigenvalue weighted by molar-refractivity contribution is 7.92. The van der Waals surface area contributed by atoms with Gasteiger partial charge >= 0.3 is 5.97 Å². The molecule has 0 spiro atoms. The average molecular weight is 480 g/mol. The number of hydrogen-bond donors (Lipinski definition) is 2. The molecule has 0 fully saturated rings. The molecule has 0 aliphatic rings. The number of hydrogen-bond acceptors (Lipinski definition) is 9. The molecule has 0 radical (unpaired) electrons. The molecule has 4 aromatic rings. The number of esters is 1. The highest BCUT2D eigenvalue weighted by Crippen LogP contribution is 2.32. The molecular formula is C23H21N5O5S. The van der Waals surface area contributed by atoms with Gasteiger partial charge in [0.15, 0.2) is 0 Å². The van der Waals surface area contributed by atoms with E-state index in [1.54, 1.807) is 43.5 Å². The van der Waals surface area contributed by atoms with Crippen LogP contribution in [0, 0.1) is 0 Å². The average Bonchev–Trinajstić information content (AvgIpc) is 2.83. The van der Waals surface area contributed by atoms with Gasteiger partial charge in [-0.25, -0.2) is 23.2 Å². The maximum Gasteiger partial charge on any atom is 0.341 e. The summed E-state index contributed by atoms with van der Waals surface area (Å²) in [6, 6.07) is 11.5. The SMILES string of the molecule is CCOC(=O)c1cc2cc(-c3cnc(OC)c(NS(=O)(=O)c4cccnc4)c3)ccc2nc1N. The number of aromatic nitrogens is 3. The standard InChI is InChI=1S/C23H21N5O5S/c1-3-33-23(29)18-10-15-9-14(6-7-19(15)27-21(18)24)16-11-20(22(32-2)26-12-16)28-34(30,31)17-5-4-8-25-13-17/h4-13,28H,3H2,1-2H3,(H2,24,27). The van der Waals surface area contributed by atoms with Crippen molar-refractivity contribution in [2.75, 3.05) is 24.2 Å². The van der Waals surface area contributed by atoms with Crippen molar-refractivity contribution in [1.82, 2.24) is 15.0 Å². The number of nitrogen functional groups attached to an aromatic ring is 1. The number of sulfonamides is 1. The van der Waals surface area contributed by atoms with E-state index in [1.807, 2.05) is 0 Å². The molecule has 34 heavy (non-hydrogen) atoms. The van der Waals surface area contributed by atoms with Crippen molar-refractivity contribution in [2.24, 2.45) is 0 Å². The normalized spacial score (nSPS) is 11.2. The Bertz CT molecular complexity index is 1480. The van der Waals surface area contributed by atoms with E-state index in [2.05, 4.69) is 19.7 Å². The number of methoxy groups -OCH3 is 1. The maximum atomic E-state index is 12.8. The van der Waals surface area contributed by atoms with Crippen molar-refractivity contribution in [3.8, 4) is 17.0 Å². The van der Waals surface area contributed by atoms with Crippen molar-refractivity contribution in [1.29, 1.82) is 0 Å². The van der Waals surface area contributed by atoms with E-state index in [1.165, 1.54) is 31.6 Å². The van der Waals surface area contributed by atoms with Gasteiger partial charge in [-0.05, 0) is 48.9 Å².